The summed E-state index contributed by atoms with van der Waals surface area (Å²) in [7, 11) is 0. The van der Waals surface area contributed by atoms with E-state index in [-0.39, 0.29) is 5.56 Å². The molecule has 0 spiro atoms. The Morgan fingerprint density at radius 3 is 2.57 bits per heavy atom. The number of nitrogens with zero attached hydrogens (tertiary/aromatic N) is 1. The molecule has 0 unspecified atom stereocenters. The Balaban J connectivity index is 2.07. The average Bonchev–Trinajstić information content (AvgIpc) is 2.55. The summed E-state index contributed by atoms with van der Waals surface area (Å²) >= 11 is 0. The van der Waals surface area contributed by atoms with Crippen LogP contribution in [0.1, 0.15) is 30.1 Å². The number of carbonyl (C=O) groups is 2. The van der Waals surface area contributed by atoms with Gasteiger partial charge >= 0.3 is 12.1 Å². The van der Waals surface area contributed by atoms with Crippen molar-refractivity contribution in [1.82, 2.24) is 4.98 Å². The first-order chi connectivity index (χ1) is 11.1. The van der Waals surface area contributed by atoms with Gasteiger partial charge < -0.3 is 9.84 Å². The van der Waals surface area contributed by atoms with Gasteiger partial charge in [-0.25, -0.2) is 14.6 Å². The normalized spacial score (nSPS) is 10.1. The summed E-state index contributed by atoms with van der Waals surface area (Å²) in [6, 6.07) is 9.97. The van der Waals surface area contributed by atoms with Crippen molar-refractivity contribution in [2.45, 2.75) is 19.8 Å². The molecule has 0 aliphatic carbocycles. The van der Waals surface area contributed by atoms with Gasteiger partial charge in [-0.2, -0.15) is 0 Å². The Hall–Kier alpha value is -2.89. The van der Waals surface area contributed by atoms with Gasteiger partial charge in [-0.05, 0) is 41.8 Å². The van der Waals surface area contributed by atoms with Gasteiger partial charge in [0.15, 0.2) is 0 Å². The number of carboxylic acids is 1. The number of aromatic carboxylic acids is 1. The lowest BCUT2D eigenvalue weighted by atomic mass is 10.1. The molecule has 1 aromatic heterocycles. The minimum atomic E-state index is -0.969. The van der Waals surface area contributed by atoms with E-state index in [2.05, 4.69) is 10.3 Å². The highest BCUT2D eigenvalue weighted by molar-refractivity contribution is 5.88. The van der Waals surface area contributed by atoms with Crippen molar-refractivity contribution in [2.24, 2.45) is 0 Å². The molecule has 0 bridgehead atoms. The highest BCUT2D eigenvalue weighted by Gasteiger charge is 2.07. The van der Waals surface area contributed by atoms with Gasteiger partial charge in [0.25, 0.3) is 0 Å². The van der Waals surface area contributed by atoms with Crippen LogP contribution in [0, 0.1) is 0 Å². The number of carboxylic acid groups (broad SMARTS) is 1. The van der Waals surface area contributed by atoms with E-state index in [9.17, 15) is 9.59 Å². The predicted octanol–water partition coefficient (Wildman–Crippen LogP) is 3.80. The number of anilines is 1. The highest BCUT2D eigenvalue weighted by Crippen LogP contribution is 2.21. The van der Waals surface area contributed by atoms with Crippen molar-refractivity contribution in [3.8, 4) is 11.1 Å². The largest absolute Gasteiger partial charge is 0.478 e. The lowest BCUT2D eigenvalue weighted by Crippen LogP contribution is -2.15. The summed E-state index contributed by atoms with van der Waals surface area (Å²) in [6.07, 6.45) is 2.80. The molecule has 0 aliphatic rings. The van der Waals surface area contributed by atoms with E-state index in [1.807, 2.05) is 6.92 Å². The van der Waals surface area contributed by atoms with Crippen molar-refractivity contribution < 1.29 is 19.4 Å². The first-order valence-corrected chi connectivity index (χ1v) is 7.33. The fourth-order valence-electron chi connectivity index (χ4n) is 1.93. The molecule has 1 amide bonds. The third kappa shape index (κ3) is 4.81. The summed E-state index contributed by atoms with van der Waals surface area (Å²) < 4.78 is 5.02. The van der Waals surface area contributed by atoms with Crippen LogP contribution < -0.4 is 5.32 Å². The van der Waals surface area contributed by atoms with E-state index in [1.165, 1.54) is 12.1 Å². The standard InChI is InChI=1S/C17H18N2O4/c1-2-3-10-23-17(22)19-15-11-14(8-9-18-15)12-4-6-13(7-5-12)16(20)21/h4-9,11H,2-3,10H2,1H3,(H,20,21)(H,18,19,22). The maximum Gasteiger partial charge on any atom is 0.412 e. The van der Waals surface area contributed by atoms with Crippen LogP contribution in [0.5, 0.6) is 0 Å². The van der Waals surface area contributed by atoms with Gasteiger partial charge in [-0.1, -0.05) is 25.5 Å². The van der Waals surface area contributed by atoms with E-state index in [1.54, 1.807) is 30.5 Å². The van der Waals surface area contributed by atoms with Gasteiger partial charge in [-0.15, -0.1) is 0 Å². The van der Waals surface area contributed by atoms with Crippen LogP contribution in [0.4, 0.5) is 10.6 Å². The van der Waals surface area contributed by atoms with Crippen LogP contribution >= 0.6 is 0 Å². The molecule has 0 saturated carbocycles. The zero-order chi connectivity index (χ0) is 16.7. The maximum absolute atomic E-state index is 11.6. The van der Waals surface area contributed by atoms with Crippen LogP contribution in [0.25, 0.3) is 11.1 Å². The van der Waals surface area contributed by atoms with E-state index >= 15 is 0 Å². The summed E-state index contributed by atoms with van der Waals surface area (Å²) in [6.45, 7) is 2.39. The monoisotopic (exact) mass is 314 g/mol. The molecular formula is C17H18N2O4. The molecule has 6 nitrogen and oxygen atoms in total. The number of nitrogens with one attached hydrogen (secondary N) is 1. The van der Waals surface area contributed by atoms with Crippen molar-refractivity contribution in [1.29, 1.82) is 0 Å². The zero-order valence-corrected chi connectivity index (χ0v) is 12.8. The molecular weight excluding hydrogens is 296 g/mol. The van der Waals surface area contributed by atoms with Gasteiger partial charge in [0.2, 0.25) is 0 Å². The fraction of sp³-hybridized carbons (Fsp3) is 0.235. The number of unbranched alkanes of at least 4 members (excludes halogenated alkanes) is 1. The zero-order valence-electron chi connectivity index (χ0n) is 12.8. The van der Waals surface area contributed by atoms with Gasteiger partial charge in [0.1, 0.15) is 5.82 Å². The van der Waals surface area contributed by atoms with Gasteiger partial charge in [-0.3, -0.25) is 5.32 Å². The Labute approximate surface area is 134 Å². The molecule has 0 fully saturated rings. The molecule has 1 heterocycles. The highest BCUT2D eigenvalue weighted by atomic mass is 16.5. The Morgan fingerprint density at radius 1 is 1.17 bits per heavy atom. The molecule has 0 radical (unpaired) electrons. The first kappa shape index (κ1) is 16.5. The second-order valence-corrected chi connectivity index (χ2v) is 4.93. The average molecular weight is 314 g/mol. The number of amides is 1. The third-order valence-electron chi connectivity index (χ3n) is 3.19. The lowest BCUT2D eigenvalue weighted by Gasteiger charge is -2.08. The number of aromatic nitrogens is 1. The van der Waals surface area contributed by atoms with Crippen molar-refractivity contribution in [2.75, 3.05) is 11.9 Å². The number of pyridine rings is 1. The molecule has 2 N–H and O–H groups in total. The molecule has 0 atom stereocenters. The fourth-order valence-corrected chi connectivity index (χ4v) is 1.93. The molecule has 23 heavy (non-hydrogen) atoms. The van der Waals surface area contributed by atoms with Gasteiger partial charge in [0.05, 0.1) is 12.2 Å². The molecule has 120 valence electrons. The minimum Gasteiger partial charge on any atom is -0.478 e. The molecule has 6 heteroatoms. The number of hydrogen-bond acceptors (Lipinski definition) is 4. The predicted molar refractivity (Wildman–Crippen MR) is 86.5 cm³/mol. The van der Waals surface area contributed by atoms with Crippen LogP contribution in [0.15, 0.2) is 42.6 Å². The van der Waals surface area contributed by atoms with Gasteiger partial charge in [0, 0.05) is 6.20 Å². The summed E-state index contributed by atoms with van der Waals surface area (Å²) in [5.74, 6) is -0.588. The number of benzene rings is 1. The summed E-state index contributed by atoms with van der Waals surface area (Å²) in [5.41, 5.74) is 1.88. The smallest absolute Gasteiger partial charge is 0.412 e. The maximum atomic E-state index is 11.6. The second kappa shape index (κ2) is 7.93. The number of hydrogen-bond donors (Lipinski definition) is 2. The van der Waals surface area contributed by atoms with Crippen LogP contribution in [0.2, 0.25) is 0 Å². The minimum absolute atomic E-state index is 0.223. The number of rotatable bonds is 6. The molecule has 0 saturated heterocycles. The van der Waals surface area contributed by atoms with E-state index in [0.717, 1.165) is 24.0 Å². The number of carbonyl (C=O) groups excluding carboxylic acids is 1. The SMILES string of the molecule is CCCCOC(=O)Nc1cc(-c2ccc(C(=O)O)cc2)ccn1. The van der Waals surface area contributed by atoms with Crippen LogP contribution in [0.3, 0.4) is 0 Å². The Morgan fingerprint density at radius 2 is 1.91 bits per heavy atom. The molecule has 2 aromatic rings. The molecule has 0 aliphatic heterocycles. The summed E-state index contributed by atoms with van der Waals surface area (Å²) in [4.78, 5) is 26.5. The van der Waals surface area contributed by atoms with Crippen molar-refractivity contribution >= 4 is 17.9 Å². The van der Waals surface area contributed by atoms with Crippen molar-refractivity contribution in [3.05, 3.63) is 48.2 Å². The Kier molecular flexibility index (Phi) is 5.68. The second-order valence-electron chi connectivity index (χ2n) is 4.93. The third-order valence-corrected chi connectivity index (χ3v) is 3.19. The first-order valence-electron chi connectivity index (χ1n) is 7.33. The molecule has 2 rings (SSSR count). The van der Waals surface area contributed by atoms with E-state index in [4.69, 9.17) is 9.84 Å². The van der Waals surface area contributed by atoms with Crippen LogP contribution in [-0.2, 0) is 4.74 Å². The number of ether oxygens (including phenoxy) is 1. The van der Waals surface area contributed by atoms with Crippen molar-refractivity contribution in [3.63, 3.8) is 0 Å². The van der Waals surface area contributed by atoms with E-state index < -0.39 is 12.1 Å². The van der Waals surface area contributed by atoms with Crippen LogP contribution in [-0.4, -0.2) is 28.8 Å². The summed E-state index contributed by atoms with van der Waals surface area (Å²) in [5, 5.41) is 11.5. The lowest BCUT2D eigenvalue weighted by molar-refractivity contribution is 0.0697. The Bertz CT molecular complexity index is 683. The topological polar surface area (TPSA) is 88.5 Å². The van der Waals surface area contributed by atoms with E-state index in [0.29, 0.717) is 12.4 Å². The quantitative estimate of drug-likeness (QED) is 0.792. The molecule has 1 aromatic carbocycles.